The summed E-state index contributed by atoms with van der Waals surface area (Å²) in [6, 6.07) is 0. The molecule has 0 aromatic rings. The third kappa shape index (κ3) is 1.40. The maximum Gasteiger partial charge on any atom is 0.336 e. The second kappa shape index (κ2) is 3.00. The molecule has 1 heterocycles. The van der Waals surface area contributed by atoms with Crippen LogP contribution in [0.1, 0.15) is 19.3 Å². The van der Waals surface area contributed by atoms with Crippen molar-refractivity contribution in [3.8, 4) is 0 Å². The second-order valence-electron chi connectivity index (χ2n) is 2.62. The van der Waals surface area contributed by atoms with E-state index in [4.69, 9.17) is 9.84 Å². The highest BCUT2D eigenvalue weighted by molar-refractivity contribution is 5.81. The summed E-state index contributed by atoms with van der Waals surface area (Å²) >= 11 is 0. The van der Waals surface area contributed by atoms with Gasteiger partial charge >= 0.3 is 5.97 Å². The summed E-state index contributed by atoms with van der Waals surface area (Å²) < 4.78 is 5.01. The molecule has 0 aromatic heterocycles. The molecule has 0 radical (unpaired) electrons. The number of carbonyl (C=O) groups excluding carboxylic acids is 1. The third-order valence-electron chi connectivity index (χ3n) is 1.91. The number of carboxylic acids is 1. The predicted molar refractivity (Wildman–Crippen MR) is 36.2 cm³/mol. The summed E-state index contributed by atoms with van der Waals surface area (Å²) in [7, 11) is 0. The van der Waals surface area contributed by atoms with Crippen LogP contribution in [0.15, 0.2) is 0 Å². The highest BCUT2D eigenvalue weighted by Crippen LogP contribution is 2.28. The van der Waals surface area contributed by atoms with E-state index in [9.17, 15) is 9.59 Å². The van der Waals surface area contributed by atoms with Crippen LogP contribution in [0.4, 0.5) is 0 Å². The quantitative estimate of drug-likeness (QED) is 0.596. The number of hydrogen-bond acceptors (Lipinski definition) is 3. The Morgan fingerprint density at radius 3 is 2.82 bits per heavy atom. The van der Waals surface area contributed by atoms with Crippen molar-refractivity contribution < 1.29 is 19.4 Å². The number of carboxylic acid groups (broad SMARTS) is 1. The van der Waals surface area contributed by atoms with Gasteiger partial charge in [0.2, 0.25) is 0 Å². The predicted octanol–water partition coefficient (Wildman–Crippen LogP) is 0.209. The molecule has 1 saturated heterocycles. The molecule has 0 bridgehead atoms. The molecular weight excluding hydrogens is 148 g/mol. The van der Waals surface area contributed by atoms with Crippen LogP contribution in [-0.4, -0.2) is 29.6 Å². The van der Waals surface area contributed by atoms with Crippen molar-refractivity contribution >= 4 is 12.3 Å². The van der Waals surface area contributed by atoms with Gasteiger partial charge in [0, 0.05) is 13.0 Å². The molecule has 1 aliphatic rings. The molecule has 1 N–H and O–H groups in total. The average Bonchev–Trinajstić information content (AvgIpc) is 2.38. The molecule has 0 aliphatic carbocycles. The number of hydrogen-bond donors (Lipinski definition) is 1. The number of ether oxygens (including phenoxy) is 1. The Hall–Kier alpha value is -0.900. The van der Waals surface area contributed by atoms with Gasteiger partial charge in [-0.2, -0.15) is 0 Å². The van der Waals surface area contributed by atoms with Crippen molar-refractivity contribution in [3.05, 3.63) is 0 Å². The minimum Gasteiger partial charge on any atom is -0.479 e. The molecule has 0 saturated carbocycles. The molecule has 1 aliphatic heterocycles. The summed E-state index contributed by atoms with van der Waals surface area (Å²) in [4.78, 5) is 20.8. The Morgan fingerprint density at radius 1 is 1.73 bits per heavy atom. The SMILES string of the molecule is O=CCC1(C(=O)O)CCCO1. The minimum absolute atomic E-state index is 0.0394. The van der Waals surface area contributed by atoms with E-state index in [1.165, 1.54) is 0 Å². The minimum atomic E-state index is -1.21. The van der Waals surface area contributed by atoms with Gasteiger partial charge in [-0.05, 0) is 12.8 Å². The van der Waals surface area contributed by atoms with E-state index >= 15 is 0 Å². The van der Waals surface area contributed by atoms with Gasteiger partial charge in [-0.1, -0.05) is 0 Å². The molecule has 4 heteroatoms. The zero-order valence-electron chi connectivity index (χ0n) is 6.08. The summed E-state index contributed by atoms with van der Waals surface area (Å²) in [5, 5.41) is 8.71. The molecule has 1 unspecified atom stereocenters. The van der Waals surface area contributed by atoms with E-state index in [0.717, 1.165) is 6.42 Å². The topological polar surface area (TPSA) is 63.6 Å². The van der Waals surface area contributed by atoms with E-state index in [2.05, 4.69) is 0 Å². The van der Waals surface area contributed by atoms with Crippen LogP contribution in [0.25, 0.3) is 0 Å². The Balaban J connectivity index is 2.69. The lowest BCUT2D eigenvalue weighted by Crippen LogP contribution is -2.38. The fourth-order valence-electron chi connectivity index (χ4n) is 1.25. The summed E-state index contributed by atoms with van der Waals surface area (Å²) in [5.41, 5.74) is -1.21. The van der Waals surface area contributed by atoms with Crippen molar-refractivity contribution in [1.29, 1.82) is 0 Å². The molecule has 1 fully saturated rings. The van der Waals surface area contributed by atoms with Gasteiger partial charge < -0.3 is 14.6 Å². The molecular formula is C7H10O4. The fourth-order valence-corrected chi connectivity index (χ4v) is 1.25. The van der Waals surface area contributed by atoms with E-state index in [1.807, 2.05) is 0 Å². The number of aldehydes is 1. The van der Waals surface area contributed by atoms with Gasteiger partial charge in [0.25, 0.3) is 0 Å². The standard InChI is InChI=1S/C7H10O4/c8-4-3-7(6(9)10)2-1-5-11-7/h4H,1-3,5H2,(H,9,10). The number of aliphatic carboxylic acids is 1. The van der Waals surface area contributed by atoms with Crippen LogP contribution < -0.4 is 0 Å². The molecule has 4 nitrogen and oxygen atoms in total. The summed E-state index contributed by atoms with van der Waals surface area (Å²) in [6.45, 7) is 0.445. The Morgan fingerprint density at radius 2 is 2.45 bits per heavy atom. The summed E-state index contributed by atoms with van der Waals surface area (Å²) in [5.74, 6) is -1.03. The van der Waals surface area contributed by atoms with Crippen molar-refractivity contribution in [3.63, 3.8) is 0 Å². The highest BCUT2D eigenvalue weighted by atomic mass is 16.5. The first kappa shape index (κ1) is 8.20. The van der Waals surface area contributed by atoms with Crippen molar-refractivity contribution in [2.24, 2.45) is 0 Å². The van der Waals surface area contributed by atoms with Gasteiger partial charge in [-0.25, -0.2) is 4.79 Å². The smallest absolute Gasteiger partial charge is 0.336 e. The molecule has 1 atom stereocenters. The molecule has 1 rings (SSSR count). The zero-order chi connectivity index (χ0) is 8.32. The molecule has 0 spiro atoms. The molecule has 11 heavy (non-hydrogen) atoms. The molecule has 0 amide bonds. The fraction of sp³-hybridized carbons (Fsp3) is 0.714. The molecule has 0 aromatic carbocycles. The van der Waals surface area contributed by atoms with Gasteiger partial charge in [-0.15, -0.1) is 0 Å². The summed E-state index contributed by atoms with van der Waals surface area (Å²) in [6.07, 6.45) is 1.73. The van der Waals surface area contributed by atoms with E-state index in [1.54, 1.807) is 0 Å². The first-order valence-electron chi connectivity index (χ1n) is 3.52. The maximum absolute atomic E-state index is 10.6. The maximum atomic E-state index is 10.6. The number of rotatable bonds is 3. The monoisotopic (exact) mass is 158 g/mol. The van der Waals surface area contributed by atoms with Gasteiger partial charge in [-0.3, -0.25) is 0 Å². The lowest BCUT2D eigenvalue weighted by molar-refractivity contribution is -0.161. The first-order valence-corrected chi connectivity index (χ1v) is 3.52. The Labute approximate surface area is 64.2 Å². The number of carbonyl (C=O) groups is 2. The largest absolute Gasteiger partial charge is 0.479 e. The van der Waals surface area contributed by atoms with E-state index in [0.29, 0.717) is 19.3 Å². The van der Waals surface area contributed by atoms with Crippen LogP contribution >= 0.6 is 0 Å². The highest BCUT2D eigenvalue weighted by Gasteiger charge is 2.42. The van der Waals surface area contributed by atoms with Gasteiger partial charge in [0.1, 0.15) is 6.29 Å². The average molecular weight is 158 g/mol. The van der Waals surface area contributed by atoms with Crippen molar-refractivity contribution in [2.75, 3.05) is 6.61 Å². The van der Waals surface area contributed by atoms with Gasteiger partial charge in [0.15, 0.2) is 5.60 Å². The van der Waals surface area contributed by atoms with Crippen LogP contribution in [-0.2, 0) is 14.3 Å². The normalized spacial score (nSPS) is 30.2. The van der Waals surface area contributed by atoms with Crippen molar-refractivity contribution in [1.82, 2.24) is 0 Å². The van der Waals surface area contributed by atoms with Crippen LogP contribution in [0.2, 0.25) is 0 Å². The second-order valence-corrected chi connectivity index (χ2v) is 2.62. The third-order valence-corrected chi connectivity index (χ3v) is 1.91. The van der Waals surface area contributed by atoms with Crippen LogP contribution in [0.5, 0.6) is 0 Å². The van der Waals surface area contributed by atoms with Crippen LogP contribution in [0.3, 0.4) is 0 Å². The van der Waals surface area contributed by atoms with E-state index < -0.39 is 11.6 Å². The Kier molecular flexibility index (Phi) is 2.24. The van der Waals surface area contributed by atoms with Crippen LogP contribution in [0, 0.1) is 0 Å². The van der Waals surface area contributed by atoms with Gasteiger partial charge in [0.05, 0.1) is 0 Å². The lowest BCUT2D eigenvalue weighted by atomic mass is 9.97. The van der Waals surface area contributed by atoms with Crippen molar-refractivity contribution in [2.45, 2.75) is 24.9 Å². The lowest BCUT2D eigenvalue weighted by Gasteiger charge is -2.19. The Bertz CT molecular complexity index is 169. The molecule has 62 valence electrons. The van der Waals surface area contributed by atoms with E-state index in [-0.39, 0.29) is 6.42 Å². The zero-order valence-corrected chi connectivity index (χ0v) is 6.08. The first-order chi connectivity index (χ1) is 5.21.